The van der Waals surface area contributed by atoms with E-state index < -0.39 is 0 Å². The van der Waals surface area contributed by atoms with Crippen LogP contribution >= 0.6 is 34.8 Å². The van der Waals surface area contributed by atoms with Crippen molar-refractivity contribution in [3.8, 4) is 0 Å². The SMILES string of the molecule is CC1=C(Nc2cc(N)ccc2Cl)CCCC1=O.CC1=C(Nc2cc(NC(=O)C3CCCCC3)ccc2Cl)CCCC1=O.O=C(Cl)C1CCCCC1. The third-order valence-electron chi connectivity index (χ3n) is 10.1. The Balaban J connectivity index is 0.000000192. The van der Waals surface area contributed by atoms with Gasteiger partial charge in [0.15, 0.2) is 11.6 Å². The molecule has 0 unspecified atom stereocenters. The molecule has 6 rings (SSSR count). The van der Waals surface area contributed by atoms with Gasteiger partial charge in [0, 0.05) is 58.6 Å². The number of hydrogen-bond acceptors (Lipinski definition) is 7. The average Bonchev–Trinajstić information content (AvgIpc) is 3.13. The van der Waals surface area contributed by atoms with Crippen LogP contribution in [0.3, 0.4) is 0 Å². The Kier molecular flexibility index (Phi) is 15.9. The van der Waals surface area contributed by atoms with Crippen LogP contribution in [0.5, 0.6) is 0 Å². The molecule has 8 nitrogen and oxygen atoms in total. The fourth-order valence-corrected chi connectivity index (χ4v) is 7.40. The smallest absolute Gasteiger partial charge is 0.227 e. The second kappa shape index (κ2) is 20.1. The summed E-state index contributed by atoms with van der Waals surface area (Å²) in [6.07, 6.45) is 15.8. The summed E-state index contributed by atoms with van der Waals surface area (Å²) in [5.41, 5.74) is 12.0. The van der Waals surface area contributed by atoms with Gasteiger partial charge in [0.2, 0.25) is 11.1 Å². The summed E-state index contributed by atoms with van der Waals surface area (Å²) in [4.78, 5) is 46.5. The van der Waals surface area contributed by atoms with Crippen molar-refractivity contribution in [3.05, 3.63) is 69.0 Å². The number of nitrogens with one attached hydrogen (secondary N) is 3. The van der Waals surface area contributed by atoms with Crippen LogP contribution in [0.2, 0.25) is 10.0 Å². The molecule has 0 saturated heterocycles. The van der Waals surface area contributed by atoms with Gasteiger partial charge < -0.3 is 21.7 Å². The van der Waals surface area contributed by atoms with E-state index >= 15 is 0 Å². The minimum absolute atomic E-state index is 0.0937. The summed E-state index contributed by atoms with van der Waals surface area (Å²) in [5.74, 6) is 0.781. The third kappa shape index (κ3) is 12.4. The number of amides is 1. The quantitative estimate of drug-likeness (QED) is 0.163. The second-order valence-corrected chi connectivity index (χ2v) is 15.1. The van der Waals surface area contributed by atoms with Crippen LogP contribution in [0, 0.1) is 11.8 Å². The van der Waals surface area contributed by atoms with Gasteiger partial charge in [0.1, 0.15) is 0 Å². The molecule has 2 saturated carbocycles. The molecule has 1 amide bonds. The summed E-state index contributed by atoms with van der Waals surface area (Å²) in [6, 6.07) is 10.7. The van der Waals surface area contributed by atoms with Crippen LogP contribution < -0.4 is 21.7 Å². The number of ketones is 2. The highest BCUT2D eigenvalue weighted by atomic mass is 35.5. The van der Waals surface area contributed by atoms with Crippen molar-refractivity contribution in [2.75, 3.05) is 21.7 Å². The van der Waals surface area contributed by atoms with E-state index in [4.69, 9.17) is 40.5 Å². The van der Waals surface area contributed by atoms with Crippen LogP contribution in [-0.2, 0) is 19.2 Å². The molecule has 276 valence electrons. The third-order valence-corrected chi connectivity index (χ3v) is 11.1. The van der Waals surface area contributed by atoms with Gasteiger partial charge in [-0.15, -0.1) is 0 Å². The van der Waals surface area contributed by atoms with E-state index in [1.807, 2.05) is 26.0 Å². The molecule has 51 heavy (non-hydrogen) atoms. The number of nitrogens with two attached hydrogens (primary N) is 1. The van der Waals surface area contributed by atoms with Gasteiger partial charge in [-0.3, -0.25) is 19.2 Å². The molecule has 0 aliphatic heterocycles. The van der Waals surface area contributed by atoms with E-state index in [1.165, 1.54) is 25.7 Å². The molecule has 0 spiro atoms. The molecule has 0 bridgehead atoms. The lowest BCUT2D eigenvalue weighted by atomic mass is 9.88. The fourth-order valence-electron chi connectivity index (χ4n) is 6.85. The maximum atomic E-state index is 12.4. The van der Waals surface area contributed by atoms with Crippen LogP contribution in [0.25, 0.3) is 0 Å². The molecule has 2 aromatic rings. The van der Waals surface area contributed by atoms with E-state index in [0.29, 0.717) is 28.6 Å². The molecule has 0 atom stereocenters. The van der Waals surface area contributed by atoms with E-state index in [-0.39, 0.29) is 34.6 Å². The number of allylic oxidation sites excluding steroid dienone is 4. The number of rotatable bonds is 7. The number of carbonyl (C=O) groups excluding carboxylic acids is 4. The topological polar surface area (TPSA) is 130 Å². The monoisotopic (exact) mass is 756 g/mol. The number of halogens is 3. The molecule has 0 heterocycles. The van der Waals surface area contributed by atoms with E-state index in [2.05, 4.69) is 16.0 Å². The number of anilines is 4. The Labute approximate surface area is 317 Å². The van der Waals surface area contributed by atoms with Gasteiger partial charge in [-0.1, -0.05) is 61.7 Å². The minimum atomic E-state index is -0.130. The molecule has 2 aromatic carbocycles. The number of nitrogen functional groups attached to an aromatic ring is 1. The van der Waals surface area contributed by atoms with Crippen molar-refractivity contribution < 1.29 is 19.2 Å². The largest absolute Gasteiger partial charge is 0.399 e. The molecule has 11 heteroatoms. The standard InChI is InChI=1S/C20H25ClN2O2.C13H15ClN2O.C7H11ClO/c1-13-17(8-5-9-19(13)24)23-18-12-15(10-11-16(18)21)22-20(25)14-6-3-2-4-7-14;1-8-11(3-2-4-13(8)17)16-12-7-9(15)5-6-10(12)14;8-7(9)6-4-2-1-3-5-6/h10-12,14,23H,2-9H2,1H3,(H,22,25);5-7,16H,2-4,15H2,1H3;6H,1-5H2. The van der Waals surface area contributed by atoms with Gasteiger partial charge in [0.05, 0.1) is 21.4 Å². The highest BCUT2D eigenvalue weighted by Crippen LogP contribution is 2.32. The summed E-state index contributed by atoms with van der Waals surface area (Å²) >= 11 is 17.7. The first-order valence-corrected chi connectivity index (χ1v) is 19.4. The van der Waals surface area contributed by atoms with Crippen molar-refractivity contribution in [1.82, 2.24) is 0 Å². The second-order valence-electron chi connectivity index (χ2n) is 13.9. The predicted molar refractivity (Wildman–Crippen MR) is 210 cm³/mol. The summed E-state index contributed by atoms with van der Waals surface area (Å²) < 4.78 is 0. The zero-order valence-corrected chi connectivity index (χ0v) is 32.0. The van der Waals surface area contributed by atoms with Gasteiger partial charge in [0.25, 0.3) is 0 Å². The average molecular weight is 758 g/mol. The Morgan fingerprint density at radius 1 is 0.647 bits per heavy atom. The van der Waals surface area contributed by atoms with Crippen molar-refractivity contribution in [3.63, 3.8) is 0 Å². The molecule has 4 aliphatic carbocycles. The number of hydrogen-bond donors (Lipinski definition) is 4. The number of benzene rings is 2. The first kappa shape index (κ1) is 40.4. The van der Waals surface area contributed by atoms with Gasteiger partial charge in [-0.05, 0) is 113 Å². The van der Waals surface area contributed by atoms with E-state index in [0.717, 1.165) is 104 Å². The van der Waals surface area contributed by atoms with Gasteiger partial charge in [-0.25, -0.2) is 0 Å². The first-order valence-electron chi connectivity index (χ1n) is 18.3. The maximum absolute atomic E-state index is 12.4. The summed E-state index contributed by atoms with van der Waals surface area (Å²) in [5, 5.41) is 10.6. The van der Waals surface area contributed by atoms with Crippen molar-refractivity contribution in [2.24, 2.45) is 11.8 Å². The number of carbonyl (C=O) groups is 4. The minimum Gasteiger partial charge on any atom is -0.399 e. The van der Waals surface area contributed by atoms with Crippen LogP contribution in [-0.4, -0.2) is 22.7 Å². The Morgan fingerprint density at radius 2 is 1.12 bits per heavy atom. The van der Waals surface area contributed by atoms with Crippen molar-refractivity contribution in [1.29, 1.82) is 0 Å². The first-order chi connectivity index (χ1) is 24.4. The highest BCUT2D eigenvalue weighted by Gasteiger charge is 2.22. The Bertz CT molecular complexity index is 1640. The zero-order chi connectivity index (χ0) is 36.9. The molecular formula is C40H51Cl3N4O4. The Morgan fingerprint density at radius 3 is 1.61 bits per heavy atom. The molecule has 4 aliphatic rings. The van der Waals surface area contributed by atoms with Gasteiger partial charge in [-0.2, -0.15) is 0 Å². The predicted octanol–water partition coefficient (Wildman–Crippen LogP) is 11.0. The lowest BCUT2D eigenvalue weighted by Crippen LogP contribution is -2.24. The number of Topliss-reactive ketones (excluding diaryl/α,β-unsaturated/α-hetero) is 2. The normalized spacial score (nSPS) is 18.6. The van der Waals surface area contributed by atoms with Crippen LogP contribution in [0.15, 0.2) is 58.9 Å². The molecular weight excluding hydrogens is 707 g/mol. The van der Waals surface area contributed by atoms with Crippen LogP contribution in [0.4, 0.5) is 22.7 Å². The van der Waals surface area contributed by atoms with Gasteiger partial charge >= 0.3 is 0 Å². The zero-order valence-electron chi connectivity index (χ0n) is 29.8. The molecule has 0 radical (unpaired) electrons. The van der Waals surface area contributed by atoms with Crippen LogP contribution in [0.1, 0.15) is 117 Å². The molecule has 2 fully saturated rings. The summed E-state index contributed by atoms with van der Waals surface area (Å²) in [7, 11) is 0. The lowest BCUT2D eigenvalue weighted by molar-refractivity contribution is -0.121. The lowest BCUT2D eigenvalue weighted by Gasteiger charge is -2.22. The van der Waals surface area contributed by atoms with Crippen molar-refractivity contribution >= 4 is 80.3 Å². The van der Waals surface area contributed by atoms with Crippen molar-refractivity contribution in [2.45, 2.75) is 117 Å². The fraction of sp³-hybridized carbons (Fsp3) is 0.500. The summed E-state index contributed by atoms with van der Waals surface area (Å²) in [6.45, 7) is 3.70. The molecule has 5 N–H and O–H groups in total. The maximum Gasteiger partial charge on any atom is 0.227 e. The Hall–Kier alpha value is -3.33. The van der Waals surface area contributed by atoms with E-state index in [1.54, 1.807) is 24.3 Å². The highest BCUT2D eigenvalue weighted by molar-refractivity contribution is 6.64. The van der Waals surface area contributed by atoms with E-state index in [9.17, 15) is 19.2 Å². The molecule has 0 aromatic heterocycles.